The molecule has 4 nitrogen and oxygen atoms in total. The lowest BCUT2D eigenvalue weighted by atomic mass is 10.2. The maximum absolute atomic E-state index is 8.64. The van der Waals surface area contributed by atoms with Crippen LogP contribution in [0.25, 0.3) is 0 Å². The van der Waals surface area contributed by atoms with E-state index in [9.17, 15) is 0 Å². The highest BCUT2D eigenvalue weighted by molar-refractivity contribution is 7.13. The normalized spacial score (nSPS) is 10.2. The molecular formula is C14H17N3OS2. The second-order valence-electron chi connectivity index (χ2n) is 4.22. The Hall–Kier alpha value is -1.39. The van der Waals surface area contributed by atoms with Gasteiger partial charge in [0.15, 0.2) is 5.13 Å². The molecule has 0 saturated heterocycles. The van der Waals surface area contributed by atoms with Gasteiger partial charge in [-0.05, 0) is 25.5 Å². The summed E-state index contributed by atoms with van der Waals surface area (Å²) < 4.78 is 0. The molecule has 106 valence electrons. The second-order valence-corrected chi connectivity index (χ2v) is 6.10. The van der Waals surface area contributed by atoms with Crippen LogP contribution in [0.3, 0.4) is 0 Å². The van der Waals surface area contributed by atoms with E-state index in [4.69, 9.17) is 10.8 Å². The molecule has 0 atom stereocenters. The molecule has 2 heterocycles. The van der Waals surface area contributed by atoms with Crippen molar-refractivity contribution in [1.29, 1.82) is 0 Å². The van der Waals surface area contributed by atoms with Crippen LogP contribution in [0.15, 0.2) is 16.8 Å². The third-order valence-electron chi connectivity index (χ3n) is 2.62. The Balaban J connectivity index is 1.64. The summed E-state index contributed by atoms with van der Waals surface area (Å²) in [5.74, 6) is 5.55. The van der Waals surface area contributed by atoms with Crippen molar-refractivity contribution in [3.05, 3.63) is 33.0 Å². The Morgan fingerprint density at radius 1 is 1.35 bits per heavy atom. The molecule has 0 aromatic carbocycles. The lowest BCUT2D eigenvalue weighted by Gasteiger charge is -2.01. The van der Waals surface area contributed by atoms with E-state index in [0.717, 1.165) is 37.2 Å². The SMILES string of the molecule is Nc1nc(CCCNCc2cc(C#CCO)cs2)cs1. The Morgan fingerprint density at radius 3 is 3.00 bits per heavy atom. The van der Waals surface area contributed by atoms with E-state index in [1.807, 2.05) is 10.8 Å². The molecule has 6 heteroatoms. The predicted octanol–water partition coefficient (Wildman–Crippen LogP) is 1.85. The van der Waals surface area contributed by atoms with Gasteiger partial charge in [-0.3, -0.25) is 0 Å². The number of hydrogen-bond donors (Lipinski definition) is 3. The number of nitrogens with two attached hydrogens (primary N) is 1. The Kier molecular flexibility index (Phi) is 6.02. The first-order chi connectivity index (χ1) is 9.78. The van der Waals surface area contributed by atoms with Crippen molar-refractivity contribution < 1.29 is 5.11 Å². The number of nitrogens with zero attached hydrogens (tertiary/aromatic N) is 1. The quantitative estimate of drug-likeness (QED) is 0.563. The van der Waals surface area contributed by atoms with Gasteiger partial charge >= 0.3 is 0 Å². The number of anilines is 1. The Labute approximate surface area is 126 Å². The minimum absolute atomic E-state index is 0.0927. The smallest absolute Gasteiger partial charge is 0.180 e. The molecule has 0 aliphatic carbocycles. The lowest BCUT2D eigenvalue weighted by molar-refractivity contribution is 0.350. The molecule has 4 N–H and O–H groups in total. The Morgan fingerprint density at radius 2 is 2.25 bits per heavy atom. The molecule has 0 radical (unpaired) electrons. The maximum atomic E-state index is 8.64. The van der Waals surface area contributed by atoms with Gasteiger partial charge in [-0.25, -0.2) is 4.98 Å². The zero-order valence-electron chi connectivity index (χ0n) is 11.1. The van der Waals surface area contributed by atoms with Crippen LogP contribution in [0.2, 0.25) is 0 Å². The third-order valence-corrected chi connectivity index (χ3v) is 4.28. The molecule has 0 aliphatic rings. The largest absolute Gasteiger partial charge is 0.384 e. The van der Waals surface area contributed by atoms with Crippen LogP contribution in [0, 0.1) is 11.8 Å². The molecule has 2 aromatic heterocycles. The first kappa shape index (κ1) is 15.0. The van der Waals surface area contributed by atoms with Gasteiger partial charge in [0.1, 0.15) is 6.61 Å². The first-order valence-electron chi connectivity index (χ1n) is 6.35. The van der Waals surface area contributed by atoms with Gasteiger partial charge in [0.25, 0.3) is 0 Å². The molecule has 2 aromatic rings. The minimum atomic E-state index is -0.0927. The summed E-state index contributed by atoms with van der Waals surface area (Å²) in [6.45, 7) is 1.71. The number of nitrogens with one attached hydrogen (secondary N) is 1. The summed E-state index contributed by atoms with van der Waals surface area (Å²) in [6, 6.07) is 2.06. The highest BCUT2D eigenvalue weighted by atomic mass is 32.1. The van der Waals surface area contributed by atoms with Crippen molar-refractivity contribution >= 4 is 27.8 Å². The third kappa shape index (κ3) is 4.94. The number of rotatable bonds is 6. The van der Waals surface area contributed by atoms with Crippen LogP contribution in [0.4, 0.5) is 5.13 Å². The van der Waals surface area contributed by atoms with Crippen molar-refractivity contribution in [2.45, 2.75) is 19.4 Å². The standard InChI is InChI=1S/C14H17N3OS2/c15-14-17-12(10-20-14)4-1-5-16-8-13-7-11(9-19-13)3-2-6-18/h7,9-10,16,18H,1,4-6,8H2,(H2,15,17). The molecule has 0 amide bonds. The average molecular weight is 307 g/mol. The van der Waals surface area contributed by atoms with E-state index in [2.05, 4.69) is 28.2 Å². The second kappa shape index (κ2) is 8.02. The van der Waals surface area contributed by atoms with Crippen LogP contribution >= 0.6 is 22.7 Å². The van der Waals surface area contributed by atoms with E-state index >= 15 is 0 Å². The Bertz CT molecular complexity index is 595. The molecule has 20 heavy (non-hydrogen) atoms. The summed E-state index contributed by atoms with van der Waals surface area (Å²) in [7, 11) is 0. The van der Waals surface area contributed by atoms with Crippen LogP contribution in [-0.2, 0) is 13.0 Å². The van der Waals surface area contributed by atoms with E-state index in [-0.39, 0.29) is 6.61 Å². The molecule has 0 bridgehead atoms. The summed E-state index contributed by atoms with van der Waals surface area (Å²) in [6.07, 6.45) is 2.00. The van der Waals surface area contributed by atoms with E-state index < -0.39 is 0 Å². The summed E-state index contributed by atoms with van der Waals surface area (Å²) >= 11 is 3.18. The summed E-state index contributed by atoms with van der Waals surface area (Å²) in [5, 5.41) is 16.7. The van der Waals surface area contributed by atoms with Gasteiger partial charge in [-0.2, -0.15) is 0 Å². The van der Waals surface area contributed by atoms with Gasteiger partial charge in [0, 0.05) is 27.7 Å². The van der Waals surface area contributed by atoms with E-state index in [0.29, 0.717) is 5.13 Å². The predicted molar refractivity (Wildman–Crippen MR) is 84.8 cm³/mol. The van der Waals surface area contributed by atoms with Crippen molar-refractivity contribution in [2.24, 2.45) is 0 Å². The monoisotopic (exact) mass is 307 g/mol. The molecule has 0 spiro atoms. The van der Waals surface area contributed by atoms with Crippen LogP contribution in [-0.4, -0.2) is 23.2 Å². The fraction of sp³-hybridized carbons (Fsp3) is 0.357. The number of aliphatic hydroxyl groups is 1. The van der Waals surface area contributed by atoms with Gasteiger partial charge in [-0.15, -0.1) is 22.7 Å². The number of aliphatic hydroxyl groups excluding tert-OH is 1. The van der Waals surface area contributed by atoms with Gasteiger partial charge in [-0.1, -0.05) is 11.8 Å². The zero-order valence-corrected chi connectivity index (χ0v) is 12.7. The number of aromatic nitrogens is 1. The first-order valence-corrected chi connectivity index (χ1v) is 8.11. The van der Waals surface area contributed by atoms with E-state index in [1.165, 1.54) is 16.2 Å². The molecule has 0 aliphatic heterocycles. The van der Waals surface area contributed by atoms with Crippen molar-refractivity contribution in [2.75, 3.05) is 18.9 Å². The number of nitrogen functional groups attached to an aromatic ring is 1. The van der Waals surface area contributed by atoms with Crippen LogP contribution in [0.5, 0.6) is 0 Å². The van der Waals surface area contributed by atoms with Crippen molar-refractivity contribution in [1.82, 2.24) is 10.3 Å². The molecule has 0 unspecified atom stereocenters. The maximum Gasteiger partial charge on any atom is 0.180 e. The summed E-state index contributed by atoms with van der Waals surface area (Å²) in [4.78, 5) is 5.49. The topological polar surface area (TPSA) is 71.2 Å². The number of thiazole rings is 1. The highest BCUT2D eigenvalue weighted by Crippen LogP contribution is 2.14. The number of aryl methyl sites for hydroxylation is 1. The molecule has 0 fully saturated rings. The fourth-order valence-electron chi connectivity index (χ4n) is 1.72. The highest BCUT2D eigenvalue weighted by Gasteiger charge is 2.00. The lowest BCUT2D eigenvalue weighted by Crippen LogP contribution is -2.14. The van der Waals surface area contributed by atoms with Gasteiger partial charge < -0.3 is 16.2 Å². The number of thiophene rings is 1. The number of hydrogen-bond acceptors (Lipinski definition) is 6. The average Bonchev–Trinajstić information content (AvgIpc) is 3.05. The van der Waals surface area contributed by atoms with Crippen molar-refractivity contribution in [3.63, 3.8) is 0 Å². The molecular weight excluding hydrogens is 290 g/mol. The molecule has 0 saturated carbocycles. The fourth-order valence-corrected chi connectivity index (χ4v) is 3.11. The van der Waals surface area contributed by atoms with Gasteiger partial charge in [0.2, 0.25) is 0 Å². The van der Waals surface area contributed by atoms with Crippen LogP contribution < -0.4 is 11.1 Å². The summed E-state index contributed by atoms with van der Waals surface area (Å²) in [5.41, 5.74) is 7.64. The van der Waals surface area contributed by atoms with Crippen LogP contribution in [0.1, 0.15) is 22.6 Å². The molecule has 2 rings (SSSR count). The van der Waals surface area contributed by atoms with Crippen molar-refractivity contribution in [3.8, 4) is 11.8 Å². The minimum Gasteiger partial charge on any atom is -0.384 e. The zero-order chi connectivity index (χ0) is 14.2. The van der Waals surface area contributed by atoms with Gasteiger partial charge in [0.05, 0.1) is 5.69 Å². The van der Waals surface area contributed by atoms with E-state index in [1.54, 1.807) is 11.3 Å².